The minimum atomic E-state index is -0.679. The summed E-state index contributed by atoms with van der Waals surface area (Å²) in [5.74, 6) is -0.679. The van der Waals surface area contributed by atoms with Crippen LogP contribution in [0, 0.1) is 6.92 Å². The van der Waals surface area contributed by atoms with Crippen LogP contribution in [-0.4, -0.2) is 22.9 Å². The molecule has 1 heterocycles. The second-order valence-corrected chi connectivity index (χ2v) is 7.21. The van der Waals surface area contributed by atoms with E-state index in [2.05, 4.69) is 0 Å². The first-order chi connectivity index (χ1) is 15.1. The van der Waals surface area contributed by atoms with Gasteiger partial charge in [-0.05, 0) is 23.6 Å². The fourth-order valence-electron chi connectivity index (χ4n) is 3.60. The summed E-state index contributed by atoms with van der Waals surface area (Å²) >= 11 is 0. The lowest BCUT2D eigenvalue weighted by Crippen LogP contribution is -2.31. The number of carbonyl (C=O) groups excluding carboxylic acids is 1. The Labute approximate surface area is 180 Å². The minimum absolute atomic E-state index is 0.0175. The summed E-state index contributed by atoms with van der Waals surface area (Å²) in [7, 11) is 1.28. The Hall–Kier alpha value is -3.99. The number of benzene rings is 3. The maximum Gasteiger partial charge on any atom is 0.344 e. The van der Waals surface area contributed by atoms with E-state index < -0.39 is 11.5 Å². The number of carbonyl (C=O) groups is 1. The van der Waals surface area contributed by atoms with Crippen molar-refractivity contribution in [1.82, 2.24) is 9.78 Å². The molecule has 1 aromatic heterocycles. The molecule has 154 valence electrons. The van der Waals surface area contributed by atoms with Gasteiger partial charge < -0.3 is 4.74 Å². The molecule has 0 N–H and O–H groups in total. The number of methoxy groups -OCH3 is 1. The standard InChI is InChI=1S/C26H22N2O3/c1-18-11-9-10-16-21(18)17-28-25(29)23(26(30)31-2)22(19-12-5-3-6-13-19)24(27-28)20-14-7-4-8-15-20/h3-16H,17H2,1-2H3. The second kappa shape index (κ2) is 8.79. The van der Waals surface area contributed by atoms with Gasteiger partial charge in [0, 0.05) is 11.1 Å². The van der Waals surface area contributed by atoms with E-state index in [4.69, 9.17) is 9.84 Å². The van der Waals surface area contributed by atoms with Crippen LogP contribution in [0.3, 0.4) is 0 Å². The van der Waals surface area contributed by atoms with Crippen molar-refractivity contribution in [3.8, 4) is 22.4 Å². The number of esters is 1. The van der Waals surface area contributed by atoms with E-state index in [1.165, 1.54) is 11.8 Å². The van der Waals surface area contributed by atoms with Crippen molar-refractivity contribution in [1.29, 1.82) is 0 Å². The zero-order chi connectivity index (χ0) is 21.8. The fourth-order valence-corrected chi connectivity index (χ4v) is 3.60. The largest absolute Gasteiger partial charge is 0.465 e. The Bertz CT molecular complexity index is 1280. The smallest absolute Gasteiger partial charge is 0.344 e. The average Bonchev–Trinajstić information content (AvgIpc) is 2.82. The molecule has 0 spiro atoms. The van der Waals surface area contributed by atoms with Gasteiger partial charge in [0.05, 0.1) is 19.3 Å². The van der Waals surface area contributed by atoms with Crippen LogP contribution in [0.2, 0.25) is 0 Å². The maximum absolute atomic E-state index is 13.5. The highest BCUT2D eigenvalue weighted by molar-refractivity contribution is 6.00. The summed E-state index contributed by atoms with van der Waals surface area (Å²) in [6.07, 6.45) is 0. The van der Waals surface area contributed by atoms with Crippen molar-refractivity contribution < 1.29 is 9.53 Å². The van der Waals surface area contributed by atoms with Gasteiger partial charge in [0.15, 0.2) is 0 Å². The predicted molar refractivity (Wildman–Crippen MR) is 121 cm³/mol. The SMILES string of the molecule is COC(=O)c1c(-c2ccccc2)c(-c2ccccc2)nn(Cc2ccccc2C)c1=O. The summed E-state index contributed by atoms with van der Waals surface area (Å²) in [6, 6.07) is 26.7. The number of aryl methyl sites for hydroxylation is 1. The van der Waals surface area contributed by atoms with Gasteiger partial charge in [-0.2, -0.15) is 5.10 Å². The lowest BCUT2D eigenvalue weighted by Gasteiger charge is -2.17. The lowest BCUT2D eigenvalue weighted by atomic mass is 9.95. The molecule has 0 saturated carbocycles. The van der Waals surface area contributed by atoms with E-state index in [0.29, 0.717) is 11.3 Å². The quantitative estimate of drug-likeness (QED) is 0.447. The molecule has 0 saturated heterocycles. The Kier molecular flexibility index (Phi) is 5.76. The average molecular weight is 410 g/mol. The molecule has 0 amide bonds. The fraction of sp³-hybridized carbons (Fsp3) is 0.115. The summed E-state index contributed by atoms with van der Waals surface area (Å²) < 4.78 is 6.37. The van der Waals surface area contributed by atoms with Crippen LogP contribution >= 0.6 is 0 Å². The van der Waals surface area contributed by atoms with Gasteiger partial charge in [0.2, 0.25) is 0 Å². The number of hydrogen-bond acceptors (Lipinski definition) is 4. The minimum Gasteiger partial charge on any atom is -0.465 e. The van der Waals surface area contributed by atoms with Crippen molar-refractivity contribution in [2.24, 2.45) is 0 Å². The van der Waals surface area contributed by atoms with Gasteiger partial charge in [0.25, 0.3) is 5.56 Å². The summed E-state index contributed by atoms with van der Waals surface area (Å²) in [4.78, 5) is 26.3. The first-order valence-corrected chi connectivity index (χ1v) is 9.99. The molecule has 0 unspecified atom stereocenters. The molecule has 0 fully saturated rings. The molecule has 0 bridgehead atoms. The van der Waals surface area contributed by atoms with Crippen molar-refractivity contribution in [2.75, 3.05) is 7.11 Å². The molecule has 0 atom stereocenters. The van der Waals surface area contributed by atoms with Crippen molar-refractivity contribution in [3.05, 3.63) is 112 Å². The van der Waals surface area contributed by atoms with Gasteiger partial charge in [-0.1, -0.05) is 84.9 Å². The summed E-state index contributed by atoms with van der Waals surface area (Å²) in [5, 5.41) is 4.73. The topological polar surface area (TPSA) is 61.2 Å². The van der Waals surface area contributed by atoms with E-state index in [0.717, 1.165) is 22.3 Å². The highest BCUT2D eigenvalue weighted by Crippen LogP contribution is 2.32. The van der Waals surface area contributed by atoms with Crippen LogP contribution in [0.5, 0.6) is 0 Å². The molecule has 0 radical (unpaired) electrons. The first-order valence-electron chi connectivity index (χ1n) is 9.99. The first kappa shape index (κ1) is 20.3. The van der Waals surface area contributed by atoms with Crippen LogP contribution in [0.4, 0.5) is 0 Å². The normalized spacial score (nSPS) is 10.6. The van der Waals surface area contributed by atoms with Gasteiger partial charge in [-0.25, -0.2) is 9.48 Å². The molecule has 4 aromatic rings. The Morgan fingerprint density at radius 1 is 0.871 bits per heavy atom. The number of ether oxygens (including phenoxy) is 1. The number of aromatic nitrogens is 2. The molecule has 5 nitrogen and oxygen atoms in total. The molecular formula is C26H22N2O3. The molecule has 4 rings (SSSR count). The Morgan fingerprint density at radius 3 is 2.06 bits per heavy atom. The van der Waals surface area contributed by atoms with Crippen molar-refractivity contribution in [2.45, 2.75) is 13.5 Å². The molecule has 5 heteroatoms. The molecule has 0 aliphatic carbocycles. The second-order valence-electron chi connectivity index (χ2n) is 7.21. The third-order valence-corrected chi connectivity index (χ3v) is 5.24. The molecule has 0 aliphatic rings. The van der Waals surface area contributed by atoms with Crippen LogP contribution in [0.1, 0.15) is 21.5 Å². The van der Waals surface area contributed by atoms with Crippen molar-refractivity contribution in [3.63, 3.8) is 0 Å². The van der Waals surface area contributed by atoms with E-state index in [1.54, 1.807) is 0 Å². The summed E-state index contributed by atoms with van der Waals surface area (Å²) in [6.45, 7) is 2.24. The molecular weight excluding hydrogens is 388 g/mol. The highest BCUT2D eigenvalue weighted by Gasteiger charge is 2.25. The van der Waals surface area contributed by atoms with E-state index in [-0.39, 0.29) is 12.1 Å². The number of hydrogen-bond donors (Lipinski definition) is 0. The van der Waals surface area contributed by atoms with Crippen LogP contribution < -0.4 is 5.56 Å². The van der Waals surface area contributed by atoms with Gasteiger partial charge in [-0.15, -0.1) is 0 Å². The van der Waals surface area contributed by atoms with Gasteiger partial charge >= 0.3 is 5.97 Å². The van der Waals surface area contributed by atoms with Crippen LogP contribution in [0.15, 0.2) is 89.7 Å². The van der Waals surface area contributed by atoms with E-state index in [9.17, 15) is 9.59 Å². The van der Waals surface area contributed by atoms with Crippen LogP contribution in [-0.2, 0) is 11.3 Å². The van der Waals surface area contributed by atoms with Crippen molar-refractivity contribution >= 4 is 5.97 Å². The molecule has 0 aliphatic heterocycles. The van der Waals surface area contributed by atoms with Gasteiger partial charge in [-0.3, -0.25) is 4.79 Å². The number of nitrogens with zero attached hydrogens (tertiary/aromatic N) is 2. The Morgan fingerprint density at radius 2 is 1.45 bits per heavy atom. The van der Waals surface area contributed by atoms with E-state index >= 15 is 0 Å². The lowest BCUT2D eigenvalue weighted by molar-refractivity contribution is 0.0598. The monoisotopic (exact) mass is 410 g/mol. The maximum atomic E-state index is 13.5. The van der Waals surface area contributed by atoms with Gasteiger partial charge in [0.1, 0.15) is 5.56 Å². The zero-order valence-electron chi connectivity index (χ0n) is 17.4. The van der Waals surface area contributed by atoms with E-state index in [1.807, 2.05) is 91.9 Å². The van der Waals surface area contributed by atoms with Crippen LogP contribution in [0.25, 0.3) is 22.4 Å². The Balaban J connectivity index is 2.05. The third-order valence-electron chi connectivity index (χ3n) is 5.24. The third kappa shape index (κ3) is 4.03. The zero-order valence-corrected chi connectivity index (χ0v) is 17.4. The molecule has 3 aromatic carbocycles. The summed E-state index contributed by atoms with van der Waals surface area (Å²) in [5.41, 5.74) is 4.08. The number of rotatable bonds is 5. The highest BCUT2D eigenvalue weighted by atomic mass is 16.5. The predicted octanol–water partition coefficient (Wildman–Crippen LogP) is 4.72. The molecule has 31 heavy (non-hydrogen) atoms.